The molecule has 0 unspecified atom stereocenters. The predicted molar refractivity (Wildman–Crippen MR) is 91.1 cm³/mol. The average molecular weight is 375 g/mol. The van der Waals surface area contributed by atoms with Gasteiger partial charge in [0.2, 0.25) is 0 Å². The van der Waals surface area contributed by atoms with Gasteiger partial charge < -0.3 is 13.9 Å². The number of esters is 1. The van der Waals surface area contributed by atoms with E-state index in [4.69, 9.17) is 13.9 Å². The van der Waals surface area contributed by atoms with E-state index >= 15 is 0 Å². The summed E-state index contributed by atoms with van der Waals surface area (Å²) in [5.41, 5.74) is -0.310. The van der Waals surface area contributed by atoms with E-state index in [9.17, 15) is 14.9 Å². The van der Waals surface area contributed by atoms with Crippen LogP contribution in [-0.2, 0) is 4.74 Å². The van der Waals surface area contributed by atoms with Crippen LogP contribution in [0.2, 0.25) is 0 Å². The third-order valence-corrected chi connectivity index (χ3v) is 4.27. The fourth-order valence-electron chi connectivity index (χ4n) is 2.14. The maximum atomic E-state index is 12.3. The highest BCUT2D eigenvalue weighted by atomic mass is 32.1. The summed E-state index contributed by atoms with van der Waals surface area (Å²) in [6.07, 6.45) is -0.815. The van der Waals surface area contributed by atoms with Crippen LogP contribution in [0.25, 0.3) is 10.8 Å². The molecule has 0 saturated heterocycles. The van der Waals surface area contributed by atoms with Gasteiger partial charge >= 0.3 is 11.7 Å². The minimum absolute atomic E-state index is 0.0161. The van der Waals surface area contributed by atoms with Crippen LogP contribution in [0.5, 0.6) is 5.75 Å². The first-order valence-electron chi connectivity index (χ1n) is 7.40. The minimum atomic E-state index is -0.815. The van der Waals surface area contributed by atoms with Crippen molar-refractivity contribution in [2.45, 2.75) is 13.0 Å². The largest absolute Gasteiger partial charge is 0.490 e. The maximum absolute atomic E-state index is 12.3. The van der Waals surface area contributed by atoms with Gasteiger partial charge in [-0.25, -0.2) is 4.79 Å². The van der Waals surface area contributed by atoms with Gasteiger partial charge in [0.1, 0.15) is 0 Å². The number of aromatic nitrogens is 2. The number of nitro groups is 1. The number of hydrogen-bond donors (Lipinski definition) is 0. The lowest BCUT2D eigenvalue weighted by atomic mass is 10.2. The van der Waals surface area contributed by atoms with Crippen LogP contribution in [-0.4, -0.2) is 28.2 Å². The summed E-state index contributed by atoms with van der Waals surface area (Å²) in [6.45, 7) is 1.57. The molecular formula is C16H13N3O6S. The van der Waals surface area contributed by atoms with Crippen molar-refractivity contribution in [1.82, 2.24) is 10.2 Å². The topological polar surface area (TPSA) is 118 Å². The molecule has 26 heavy (non-hydrogen) atoms. The molecule has 2 heterocycles. The molecule has 0 amide bonds. The van der Waals surface area contributed by atoms with E-state index in [1.807, 2.05) is 17.5 Å². The third-order valence-electron chi connectivity index (χ3n) is 3.42. The van der Waals surface area contributed by atoms with Gasteiger partial charge in [-0.3, -0.25) is 10.1 Å². The first kappa shape index (κ1) is 17.5. The molecule has 2 aromatic heterocycles. The molecule has 0 spiro atoms. The lowest BCUT2D eigenvalue weighted by Crippen LogP contribution is -2.10. The number of nitrogens with zero attached hydrogens (tertiary/aromatic N) is 3. The Morgan fingerprint density at radius 1 is 1.35 bits per heavy atom. The SMILES string of the molecule is COc1ccc(C(=O)O[C@@H](C)c2nnc(-c3cccs3)o2)cc1[N+](=O)[O-]. The second-order valence-corrected chi connectivity index (χ2v) is 6.06. The lowest BCUT2D eigenvalue weighted by molar-refractivity contribution is -0.385. The summed E-state index contributed by atoms with van der Waals surface area (Å²) in [7, 11) is 1.31. The summed E-state index contributed by atoms with van der Waals surface area (Å²) in [4.78, 5) is 23.5. The molecule has 0 aliphatic heterocycles. The number of hydrogen-bond acceptors (Lipinski definition) is 9. The molecule has 0 radical (unpaired) electrons. The molecule has 10 heteroatoms. The van der Waals surface area contributed by atoms with Gasteiger partial charge in [-0.05, 0) is 30.5 Å². The molecule has 9 nitrogen and oxygen atoms in total. The number of rotatable bonds is 6. The fourth-order valence-corrected chi connectivity index (χ4v) is 2.78. The van der Waals surface area contributed by atoms with Crippen LogP contribution in [0.15, 0.2) is 40.1 Å². The van der Waals surface area contributed by atoms with E-state index in [2.05, 4.69) is 10.2 Å². The predicted octanol–water partition coefficient (Wildman–Crippen LogP) is 3.63. The number of methoxy groups -OCH3 is 1. The zero-order valence-corrected chi connectivity index (χ0v) is 14.6. The normalized spacial score (nSPS) is 11.8. The van der Waals surface area contributed by atoms with Crippen LogP contribution in [0, 0.1) is 10.1 Å². The van der Waals surface area contributed by atoms with Crippen molar-refractivity contribution in [1.29, 1.82) is 0 Å². The van der Waals surface area contributed by atoms with Crippen LogP contribution in [0.4, 0.5) is 5.69 Å². The third kappa shape index (κ3) is 3.54. The summed E-state index contributed by atoms with van der Waals surface area (Å²) in [5.74, 6) is -0.237. The van der Waals surface area contributed by atoms with Gasteiger partial charge in [-0.15, -0.1) is 21.5 Å². The first-order chi connectivity index (χ1) is 12.5. The number of nitro benzene ring substituents is 1. The summed E-state index contributed by atoms with van der Waals surface area (Å²) >= 11 is 1.44. The van der Waals surface area contributed by atoms with Crippen LogP contribution in [0.3, 0.4) is 0 Å². The van der Waals surface area contributed by atoms with Gasteiger partial charge in [0.25, 0.3) is 11.8 Å². The quantitative estimate of drug-likeness (QED) is 0.364. The van der Waals surface area contributed by atoms with Crippen molar-refractivity contribution >= 4 is 23.0 Å². The van der Waals surface area contributed by atoms with E-state index in [1.165, 1.54) is 30.6 Å². The van der Waals surface area contributed by atoms with Crippen molar-refractivity contribution in [3.05, 3.63) is 57.3 Å². The highest BCUT2D eigenvalue weighted by Crippen LogP contribution is 2.29. The first-order valence-corrected chi connectivity index (χ1v) is 8.28. The average Bonchev–Trinajstić information content (AvgIpc) is 3.32. The Bertz CT molecular complexity index is 937. The molecule has 0 bridgehead atoms. The van der Waals surface area contributed by atoms with Crippen molar-refractivity contribution in [3.8, 4) is 16.5 Å². The van der Waals surface area contributed by atoms with Gasteiger partial charge in [-0.2, -0.15) is 0 Å². The summed E-state index contributed by atoms with van der Waals surface area (Å²) < 4.78 is 15.7. The minimum Gasteiger partial charge on any atom is -0.490 e. The van der Waals surface area contributed by atoms with E-state index in [-0.39, 0.29) is 22.9 Å². The molecular weight excluding hydrogens is 362 g/mol. The monoisotopic (exact) mass is 375 g/mol. The maximum Gasteiger partial charge on any atom is 0.339 e. The van der Waals surface area contributed by atoms with Gasteiger partial charge in [0.05, 0.1) is 22.5 Å². The second-order valence-electron chi connectivity index (χ2n) is 5.11. The van der Waals surface area contributed by atoms with Gasteiger partial charge in [0.15, 0.2) is 11.9 Å². The molecule has 0 fully saturated rings. The Morgan fingerprint density at radius 2 is 2.15 bits per heavy atom. The Hall–Kier alpha value is -3.27. The molecule has 0 N–H and O–H groups in total. The van der Waals surface area contributed by atoms with Crippen molar-refractivity contribution in [3.63, 3.8) is 0 Å². The molecule has 1 aromatic carbocycles. The molecule has 134 valence electrons. The number of thiophene rings is 1. The van der Waals surface area contributed by atoms with Crippen molar-refractivity contribution in [2.24, 2.45) is 0 Å². The number of carbonyl (C=O) groups is 1. The number of carbonyl (C=O) groups excluding carboxylic acids is 1. The van der Waals surface area contributed by atoms with E-state index in [0.717, 1.165) is 10.9 Å². The van der Waals surface area contributed by atoms with E-state index in [1.54, 1.807) is 6.92 Å². The molecule has 3 aromatic rings. The van der Waals surface area contributed by atoms with Crippen molar-refractivity contribution in [2.75, 3.05) is 7.11 Å². The highest BCUT2D eigenvalue weighted by Gasteiger charge is 2.23. The Balaban J connectivity index is 1.75. The Morgan fingerprint density at radius 3 is 2.81 bits per heavy atom. The van der Waals surface area contributed by atoms with E-state index < -0.39 is 17.0 Å². The van der Waals surface area contributed by atoms with E-state index in [0.29, 0.717) is 5.89 Å². The molecule has 3 rings (SSSR count). The zero-order valence-electron chi connectivity index (χ0n) is 13.7. The summed E-state index contributed by atoms with van der Waals surface area (Å²) in [5, 5.41) is 20.7. The number of ether oxygens (including phenoxy) is 2. The lowest BCUT2D eigenvalue weighted by Gasteiger charge is -2.10. The Kier molecular flexibility index (Phi) is 4.94. The highest BCUT2D eigenvalue weighted by molar-refractivity contribution is 7.13. The van der Waals surface area contributed by atoms with Crippen LogP contribution < -0.4 is 4.74 Å². The fraction of sp³-hybridized carbons (Fsp3) is 0.188. The zero-order chi connectivity index (χ0) is 18.7. The van der Waals surface area contributed by atoms with Gasteiger partial charge in [0, 0.05) is 6.07 Å². The molecule has 0 saturated carbocycles. The van der Waals surface area contributed by atoms with Crippen molar-refractivity contribution < 1.29 is 23.6 Å². The van der Waals surface area contributed by atoms with Crippen LogP contribution >= 0.6 is 11.3 Å². The standard InChI is InChI=1S/C16H13N3O6S/c1-9(14-17-18-15(25-14)13-4-3-7-26-13)24-16(20)10-5-6-12(23-2)11(8-10)19(21)22/h3-9H,1-2H3/t9-/m0/s1. The smallest absolute Gasteiger partial charge is 0.339 e. The molecule has 0 aliphatic rings. The second kappa shape index (κ2) is 7.31. The summed E-state index contributed by atoms with van der Waals surface area (Å²) in [6, 6.07) is 7.49. The van der Waals surface area contributed by atoms with Gasteiger partial charge in [-0.1, -0.05) is 6.07 Å². The Labute approximate surface area is 151 Å². The number of benzene rings is 1. The molecule has 1 atom stereocenters. The molecule has 0 aliphatic carbocycles. The van der Waals surface area contributed by atoms with Crippen LogP contribution in [0.1, 0.15) is 29.3 Å².